The molecule has 0 radical (unpaired) electrons. The molecule has 0 saturated carbocycles. The van der Waals surface area contributed by atoms with Crippen molar-refractivity contribution in [2.45, 2.75) is 37.6 Å². The van der Waals surface area contributed by atoms with Gasteiger partial charge in [0.2, 0.25) is 10.0 Å². The second-order valence-corrected chi connectivity index (χ2v) is 5.80. The first-order chi connectivity index (χ1) is 8.38. The summed E-state index contributed by atoms with van der Waals surface area (Å²) in [4.78, 5) is 0.0782. The van der Waals surface area contributed by atoms with Gasteiger partial charge in [-0.25, -0.2) is 13.6 Å². The summed E-state index contributed by atoms with van der Waals surface area (Å²) in [5.74, 6) is 0.602. The molecule has 0 heterocycles. The molecule has 18 heavy (non-hydrogen) atoms. The average molecular weight is 272 g/mol. The Balaban J connectivity index is 3.07. The molecule has 1 unspecified atom stereocenters. The third-order valence-electron chi connectivity index (χ3n) is 2.62. The SMILES string of the molecule is CCCC(C)Nc1cc(S(N)(=O)=O)ccc1OC. The van der Waals surface area contributed by atoms with Crippen molar-refractivity contribution in [3.8, 4) is 5.75 Å². The van der Waals surface area contributed by atoms with Crippen molar-refractivity contribution >= 4 is 15.7 Å². The van der Waals surface area contributed by atoms with Crippen LogP contribution in [-0.2, 0) is 10.0 Å². The van der Waals surface area contributed by atoms with Crippen LogP contribution in [0, 0.1) is 0 Å². The Morgan fingerprint density at radius 3 is 2.61 bits per heavy atom. The molecule has 6 heteroatoms. The summed E-state index contributed by atoms with van der Waals surface area (Å²) in [6.07, 6.45) is 2.04. The van der Waals surface area contributed by atoms with Crippen LogP contribution in [0.3, 0.4) is 0 Å². The Morgan fingerprint density at radius 2 is 2.11 bits per heavy atom. The van der Waals surface area contributed by atoms with E-state index in [1.165, 1.54) is 12.1 Å². The zero-order chi connectivity index (χ0) is 13.8. The molecule has 102 valence electrons. The minimum Gasteiger partial charge on any atom is -0.495 e. The largest absolute Gasteiger partial charge is 0.495 e. The van der Waals surface area contributed by atoms with Crippen LogP contribution in [0.4, 0.5) is 5.69 Å². The van der Waals surface area contributed by atoms with E-state index < -0.39 is 10.0 Å². The lowest BCUT2D eigenvalue weighted by Crippen LogP contribution is -2.17. The molecule has 5 nitrogen and oxygen atoms in total. The van der Waals surface area contributed by atoms with Crippen molar-refractivity contribution in [1.29, 1.82) is 0 Å². The maximum atomic E-state index is 11.3. The minimum atomic E-state index is -3.69. The predicted molar refractivity (Wildman–Crippen MR) is 72.4 cm³/mol. The molecule has 0 bridgehead atoms. The molecule has 0 amide bonds. The highest BCUT2D eigenvalue weighted by Crippen LogP contribution is 2.28. The molecule has 0 saturated heterocycles. The third-order valence-corrected chi connectivity index (χ3v) is 3.53. The Morgan fingerprint density at radius 1 is 1.44 bits per heavy atom. The van der Waals surface area contributed by atoms with E-state index in [0.29, 0.717) is 11.4 Å². The number of primary sulfonamides is 1. The zero-order valence-electron chi connectivity index (χ0n) is 10.9. The molecule has 0 aliphatic rings. The molecular formula is C12H20N2O3S. The monoisotopic (exact) mass is 272 g/mol. The van der Waals surface area contributed by atoms with E-state index in [0.717, 1.165) is 12.8 Å². The van der Waals surface area contributed by atoms with Crippen molar-refractivity contribution in [2.24, 2.45) is 5.14 Å². The number of nitrogens with one attached hydrogen (secondary N) is 1. The number of rotatable bonds is 6. The Labute approximate surface area is 108 Å². The number of methoxy groups -OCH3 is 1. The Hall–Kier alpha value is -1.27. The molecule has 1 aromatic rings. The molecule has 1 rings (SSSR count). The topological polar surface area (TPSA) is 81.4 Å². The van der Waals surface area contributed by atoms with E-state index in [2.05, 4.69) is 12.2 Å². The fraction of sp³-hybridized carbons (Fsp3) is 0.500. The molecule has 3 N–H and O–H groups in total. The summed E-state index contributed by atoms with van der Waals surface area (Å²) in [5, 5.41) is 8.34. The van der Waals surface area contributed by atoms with Gasteiger partial charge >= 0.3 is 0 Å². The highest BCUT2D eigenvalue weighted by atomic mass is 32.2. The summed E-state index contributed by atoms with van der Waals surface area (Å²) in [6.45, 7) is 4.13. The van der Waals surface area contributed by atoms with Crippen LogP contribution in [0.5, 0.6) is 5.75 Å². The molecule has 0 aromatic heterocycles. The number of benzene rings is 1. The summed E-state index contributed by atoms with van der Waals surface area (Å²) in [5.41, 5.74) is 0.643. The molecule has 0 fully saturated rings. The van der Waals surface area contributed by atoms with Gasteiger partial charge in [-0.05, 0) is 31.5 Å². The number of ether oxygens (including phenoxy) is 1. The molecule has 0 aliphatic carbocycles. The number of hydrogen-bond donors (Lipinski definition) is 2. The van der Waals surface area contributed by atoms with E-state index >= 15 is 0 Å². The van der Waals surface area contributed by atoms with Gasteiger partial charge in [-0.3, -0.25) is 0 Å². The van der Waals surface area contributed by atoms with Crippen LogP contribution in [0.1, 0.15) is 26.7 Å². The lowest BCUT2D eigenvalue weighted by Gasteiger charge is -2.17. The Kier molecular flexibility index (Phi) is 4.98. The van der Waals surface area contributed by atoms with Gasteiger partial charge in [-0.2, -0.15) is 0 Å². The average Bonchev–Trinajstić information content (AvgIpc) is 2.28. The van der Waals surface area contributed by atoms with Crippen LogP contribution in [0.2, 0.25) is 0 Å². The zero-order valence-corrected chi connectivity index (χ0v) is 11.8. The van der Waals surface area contributed by atoms with Gasteiger partial charge in [0, 0.05) is 6.04 Å². The molecule has 1 aromatic carbocycles. The summed E-state index contributed by atoms with van der Waals surface area (Å²) >= 11 is 0. The molecule has 1 atom stereocenters. The van der Waals surface area contributed by atoms with Crippen molar-refractivity contribution in [2.75, 3.05) is 12.4 Å². The second-order valence-electron chi connectivity index (χ2n) is 4.24. The number of sulfonamides is 1. The van der Waals surface area contributed by atoms with Gasteiger partial charge in [0.25, 0.3) is 0 Å². The van der Waals surface area contributed by atoms with Gasteiger partial charge in [0.05, 0.1) is 17.7 Å². The van der Waals surface area contributed by atoms with Crippen molar-refractivity contribution in [3.63, 3.8) is 0 Å². The maximum Gasteiger partial charge on any atom is 0.238 e. The van der Waals surface area contributed by atoms with Crippen molar-refractivity contribution < 1.29 is 13.2 Å². The predicted octanol–water partition coefficient (Wildman–Crippen LogP) is 1.94. The number of nitrogens with two attached hydrogens (primary N) is 1. The van der Waals surface area contributed by atoms with Crippen molar-refractivity contribution in [1.82, 2.24) is 0 Å². The second kappa shape index (κ2) is 6.06. The third kappa shape index (κ3) is 3.89. The van der Waals surface area contributed by atoms with Crippen LogP contribution in [0.25, 0.3) is 0 Å². The van der Waals surface area contributed by atoms with E-state index in [9.17, 15) is 8.42 Å². The fourth-order valence-electron chi connectivity index (χ4n) is 1.75. The first-order valence-electron chi connectivity index (χ1n) is 5.85. The highest BCUT2D eigenvalue weighted by Gasteiger charge is 2.13. The summed E-state index contributed by atoms with van der Waals surface area (Å²) in [6, 6.07) is 4.77. The highest BCUT2D eigenvalue weighted by molar-refractivity contribution is 7.89. The first kappa shape index (κ1) is 14.8. The molecule has 0 spiro atoms. The van der Waals surface area contributed by atoms with Crippen LogP contribution < -0.4 is 15.2 Å². The van der Waals surface area contributed by atoms with Crippen LogP contribution >= 0.6 is 0 Å². The smallest absolute Gasteiger partial charge is 0.238 e. The van der Waals surface area contributed by atoms with E-state index in [-0.39, 0.29) is 10.9 Å². The van der Waals surface area contributed by atoms with Gasteiger partial charge in [0.15, 0.2) is 0 Å². The quantitative estimate of drug-likeness (QED) is 0.829. The Bertz CT molecular complexity index is 500. The summed E-state index contributed by atoms with van der Waals surface area (Å²) in [7, 11) is -2.15. The normalized spacial score (nSPS) is 13.1. The molecular weight excluding hydrogens is 252 g/mol. The standard InChI is InChI=1S/C12H20N2O3S/c1-4-5-9(2)14-11-8-10(18(13,15)16)6-7-12(11)17-3/h6-9,14H,4-5H2,1-3H3,(H2,13,15,16). The number of hydrogen-bond acceptors (Lipinski definition) is 4. The number of anilines is 1. The first-order valence-corrected chi connectivity index (χ1v) is 7.40. The van der Waals surface area contributed by atoms with Gasteiger partial charge in [-0.1, -0.05) is 13.3 Å². The van der Waals surface area contributed by atoms with Crippen LogP contribution in [-0.4, -0.2) is 21.6 Å². The lowest BCUT2D eigenvalue weighted by molar-refractivity contribution is 0.415. The van der Waals surface area contributed by atoms with Crippen molar-refractivity contribution in [3.05, 3.63) is 18.2 Å². The van der Waals surface area contributed by atoms with Crippen LogP contribution in [0.15, 0.2) is 23.1 Å². The van der Waals surface area contributed by atoms with E-state index in [4.69, 9.17) is 9.88 Å². The van der Waals surface area contributed by atoms with E-state index in [1.54, 1.807) is 13.2 Å². The maximum absolute atomic E-state index is 11.3. The molecule has 0 aliphatic heterocycles. The van der Waals surface area contributed by atoms with Gasteiger partial charge in [-0.15, -0.1) is 0 Å². The van der Waals surface area contributed by atoms with Gasteiger partial charge < -0.3 is 10.1 Å². The lowest BCUT2D eigenvalue weighted by atomic mass is 10.2. The minimum absolute atomic E-state index is 0.0782. The van der Waals surface area contributed by atoms with Gasteiger partial charge in [0.1, 0.15) is 5.75 Å². The van der Waals surface area contributed by atoms with E-state index in [1.807, 2.05) is 6.92 Å². The summed E-state index contributed by atoms with van der Waals surface area (Å²) < 4.78 is 27.8. The fourth-order valence-corrected chi connectivity index (χ4v) is 2.29.